The topological polar surface area (TPSA) is 102 Å². The first-order chi connectivity index (χ1) is 18.0. The molecule has 0 radical (unpaired) electrons. The predicted molar refractivity (Wildman–Crippen MR) is 165 cm³/mol. The minimum Gasteiger partial charge on any atom is -0.368 e. The number of amides is 1. The fourth-order valence-corrected chi connectivity index (χ4v) is 6.25. The summed E-state index contributed by atoms with van der Waals surface area (Å²) in [5, 5.41) is 3.33. The van der Waals surface area contributed by atoms with E-state index < -0.39 is 5.54 Å². The van der Waals surface area contributed by atoms with E-state index in [-0.39, 0.29) is 5.91 Å². The maximum Gasteiger partial charge on any atom is 0.237 e. The summed E-state index contributed by atoms with van der Waals surface area (Å²) in [6, 6.07) is 16.9. The van der Waals surface area contributed by atoms with Crippen molar-refractivity contribution >= 4 is 68.1 Å². The molecule has 0 saturated carbocycles. The van der Waals surface area contributed by atoms with Crippen LogP contribution in [0.25, 0.3) is 28.2 Å². The Balaban J connectivity index is 1.64. The molecule has 1 aliphatic heterocycles. The maximum absolute atomic E-state index is 12.3. The van der Waals surface area contributed by atoms with Gasteiger partial charge in [-0.25, -0.2) is 15.0 Å². The number of nitrogens with two attached hydrogens (primary N) is 1. The molecule has 8 nitrogen and oxygen atoms in total. The molecule has 4 aromatic rings. The Morgan fingerprint density at radius 2 is 1.78 bits per heavy atom. The number of aromatic nitrogens is 4. The zero-order valence-corrected chi connectivity index (χ0v) is 24.9. The van der Waals surface area contributed by atoms with Crippen LogP contribution in [0.15, 0.2) is 54.9 Å². The van der Waals surface area contributed by atoms with Crippen LogP contribution in [0, 0.1) is 0 Å². The van der Waals surface area contributed by atoms with E-state index in [1.165, 1.54) is 11.1 Å². The number of primary amides is 1. The second-order valence-corrected chi connectivity index (χ2v) is 10.7. The summed E-state index contributed by atoms with van der Waals surface area (Å²) in [7, 11) is 0. The number of fused-ring (bicyclic) bond motifs is 1. The van der Waals surface area contributed by atoms with E-state index in [1.54, 1.807) is 6.33 Å². The standard InChI is InChI=1S/C27H29I2N7O/c1-2-33-27(26(30)37)11-13-35(14-12-27)24-22-25(32-17-31-24)36(20-9-7-18(15-28)8-10-20)23(34-22)21-6-4-3-5-19(21)16-29/h3-10,17,33H,2,11-16H2,1H3,(H2,30,37). The summed E-state index contributed by atoms with van der Waals surface area (Å²) in [4.78, 5) is 29.1. The molecule has 1 fully saturated rings. The Morgan fingerprint density at radius 3 is 2.43 bits per heavy atom. The van der Waals surface area contributed by atoms with Gasteiger partial charge in [0.15, 0.2) is 17.0 Å². The molecule has 1 aliphatic rings. The van der Waals surface area contributed by atoms with Crippen LogP contribution in [0.4, 0.5) is 5.82 Å². The lowest BCUT2D eigenvalue weighted by molar-refractivity contribution is -0.125. The van der Waals surface area contributed by atoms with E-state index in [1.807, 2.05) is 6.92 Å². The van der Waals surface area contributed by atoms with Gasteiger partial charge < -0.3 is 16.0 Å². The molecule has 37 heavy (non-hydrogen) atoms. The highest BCUT2D eigenvalue weighted by Gasteiger charge is 2.40. The molecule has 2 aromatic heterocycles. The van der Waals surface area contributed by atoms with Gasteiger partial charge in [0.1, 0.15) is 17.7 Å². The molecule has 2 aromatic carbocycles. The van der Waals surface area contributed by atoms with Crippen molar-refractivity contribution in [1.29, 1.82) is 0 Å². The van der Waals surface area contributed by atoms with Crippen molar-refractivity contribution in [2.45, 2.75) is 34.2 Å². The van der Waals surface area contributed by atoms with Gasteiger partial charge in [-0.05, 0) is 42.6 Å². The van der Waals surface area contributed by atoms with Crippen molar-refractivity contribution < 1.29 is 4.79 Å². The van der Waals surface area contributed by atoms with Crippen LogP contribution < -0.4 is 16.0 Å². The van der Waals surface area contributed by atoms with Gasteiger partial charge in [0.25, 0.3) is 0 Å². The fraction of sp³-hybridized carbons (Fsp3) is 0.333. The first kappa shape index (κ1) is 26.3. The number of rotatable bonds is 8. The zero-order valence-electron chi connectivity index (χ0n) is 20.6. The van der Waals surface area contributed by atoms with E-state index >= 15 is 0 Å². The molecule has 5 rings (SSSR count). The lowest BCUT2D eigenvalue weighted by Crippen LogP contribution is -2.61. The number of likely N-dealkylation sites (N-methyl/N-ethyl adjacent to an activating group) is 1. The average molecular weight is 721 g/mol. The van der Waals surface area contributed by atoms with E-state index in [2.05, 4.69) is 113 Å². The van der Waals surface area contributed by atoms with Crippen LogP contribution in [-0.2, 0) is 13.6 Å². The van der Waals surface area contributed by atoms with Gasteiger partial charge in [-0.3, -0.25) is 9.36 Å². The summed E-state index contributed by atoms with van der Waals surface area (Å²) in [6.45, 7) is 4.00. The minimum absolute atomic E-state index is 0.293. The number of benzene rings is 2. The molecule has 0 bridgehead atoms. The Hall–Kier alpha value is -2.32. The number of hydrogen-bond donors (Lipinski definition) is 2. The van der Waals surface area contributed by atoms with Crippen LogP contribution in [-0.4, -0.2) is 50.6 Å². The number of hydrogen-bond acceptors (Lipinski definition) is 6. The SMILES string of the molecule is CCNC1(C(N)=O)CCN(c2ncnc3c2nc(-c2ccccc2CI)n3-c2ccc(CI)cc2)CC1. The molecule has 1 saturated heterocycles. The number of carbonyl (C=O) groups excluding carboxylic acids is 1. The largest absolute Gasteiger partial charge is 0.368 e. The van der Waals surface area contributed by atoms with Crippen LogP contribution >= 0.6 is 45.2 Å². The van der Waals surface area contributed by atoms with Crippen LogP contribution in [0.5, 0.6) is 0 Å². The first-order valence-electron chi connectivity index (χ1n) is 12.3. The fourth-order valence-electron chi connectivity index (χ4n) is 5.08. The van der Waals surface area contributed by atoms with Gasteiger partial charge in [0, 0.05) is 33.2 Å². The first-order valence-corrected chi connectivity index (χ1v) is 15.4. The number of piperidine rings is 1. The summed E-state index contributed by atoms with van der Waals surface area (Å²) in [5.74, 6) is 1.34. The number of carbonyl (C=O) groups is 1. The third kappa shape index (κ3) is 4.94. The molecule has 1 amide bonds. The van der Waals surface area contributed by atoms with Crippen LogP contribution in [0.3, 0.4) is 0 Å². The molecule has 10 heteroatoms. The zero-order chi connectivity index (χ0) is 26.0. The van der Waals surface area contributed by atoms with Crippen molar-refractivity contribution in [3.63, 3.8) is 0 Å². The number of imidazole rings is 1. The molecule has 0 atom stereocenters. The number of nitrogens with zero attached hydrogens (tertiary/aromatic N) is 5. The van der Waals surface area contributed by atoms with E-state index in [0.29, 0.717) is 32.5 Å². The molecule has 0 spiro atoms. The molecule has 0 aliphatic carbocycles. The Bertz CT molecular complexity index is 1410. The summed E-state index contributed by atoms with van der Waals surface area (Å²) >= 11 is 4.78. The molecular weight excluding hydrogens is 692 g/mol. The number of nitrogens with one attached hydrogen (secondary N) is 1. The lowest BCUT2D eigenvalue weighted by atomic mass is 9.86. The van der Waals surface area contributed by atoms with Crippen LogP contribution in [0.2, 0.25) is 0 Å². The van der Waals surface area contributed by atoms with Gasteiger partial charge >= 0.3 is 0 Å². The van der Waals surface area contributed by atoms with Gasteiger partial charge in [0.05, 0.1) is 0 Å². The van der Waals surface area contributed by atoms with Crippen molar-refractivity contribution in [2.75, 3.05) is 24.5 Å². The van der Waals surface area contributed by atoms with Gasteiger partial charge in [-0.15, -0.1) is 0 Å². The highest BCUT2D eigenvalue weighted by Crippen LogP contribution is 2.35. The van der Waals surface area contributed by atoms with E-state index in [0.717, 1.165) is 42.9 Å². The highest BCUT2D eigenvalue weighted by atomic mass is 127. The van der Waals surface area contributed by atoms with E-state index in [9.17, 15) is 4.79 Å². The number of anilines is 1. The molecular formula is C27H29I2N7O. The second-order valence-electron chi connectivity index (χ2n) is 9.19. The summed E-state index contributed by atoms with van der Waals surface area (Å²) < 4.78 is 3.96. The quantitative estimate of drug-likeness (QED) is 0.201. The third-order valence-corrected chi connectivity index (χ3v) is 8.78. The Kier molecular flexibility index (Phi) is 7.96. The van der Waals surface area contributed by atoms with E-state index in [4.69, 9.17) is 15.7 Å². The highest BCUT2D eigenvalue weighted by molar-refractivity contribution is 14.1. The summed E-state index contributed by atoms with van der Waals surface area (Å²) in [5.41, 5.74) is 11.2. The van der Waals surface area contributed by atoms with Gasteiger partial charge in [-0.1, -0.05) is 88.5 Å². The lowest BCUT2D eigenvalue weighted by Gasteiger charge is -2.40. The number of halogens is 2. The van der Waals surface area contributed by atoms with Crippen LogP contribution in [0.1, 0.15) is 30.9 Å². The third-order valence-electron chi connectivity index (χ3n) is 7.08. The summed E-state index contributed by atoms with van der Waals surface area (Å²) in [6.07, 6.45) is 2.85. The van der Waals surface area contributed by atoms with Crippen molar-refractivity contribution in [1.82, 2.24) is 24.8 Å². The predicted octanol–water partition coefficient (Wildman–Crippen LogP) is 4.79. The number of alkyl halides is 2. The molecule has 0 unspecified atom stereocenters. The molecule has 3 heterocycles. The Labute approximate surface area is 243 Å². The van der Waals surface area contributed by atoms with Crippen molar-refractivity contribution in [2.24, 2.45) is 5.73 Å². The normalized spacial score (nSPS) is 15.3. The second kappa shape index (κ2) is 11.2. The smallest absolute Gasteiger partial charge is 0.237 e. The molecule has 3 N–H and O–H groups in total. The Morgan fingerprint density at radius 1 is 1.05 bits per heavy atom. The van der Waals surface area contributed by atoms with Crippen molar-refractivity contribution in [3.8, 4) is 17.1 Å². The van der Waals surface area contributed by atoms with Gasteiger partial charge in [-0.2, -0.15) is 0 Å². The average Bonchev–Trinajstić information content (AvgIpc) is 3.33. The molecule has 192 valence electrons. The van der Waals surface area contributed by atoms with Gasteiger partial charge in [0.2, 0.25) is 5.91 Å². The monoisotopic (exact) mass is 721 g/mol. The minimum atomic E-state index is -0.679. The maximum atomic E-state index is 12.3. The van der Waals surface area contributed by atoms with Crippen molar-refractivity contribution in [3.05, 3.63) is 66.0 Å².